The molecular formula is C14H18N2OS. The summed E-state index contributed by atoms with van der Waals surface area (Å²) in [4.78, 5) is 14.8. The maximum atomic E-state index is 11.7. The van der Waals surface area contributed by atoms with Gasteiger partial charge in [-0.15, -0.1) is 11.3 Å². The van der Waals surface area contributed by atoms with Crippen LogP contribution in [-0.2, 0) is 0 Å². The lowest BCUT2D eigenvalue weighted by Gasteiger charge is -2.08. The van der Waals surface area contributed by atoms with E-state index in [0.29, 0.717) is 6.54 Å². The van der Waals surface area contributed by atoms with E-state index in [1.165, 1.54) is 24.2 Å². The van der Waals surface area contributed by atoms with Crippen molar-refractivity contribution >= 4 is 17.2 Å². The van der Waals surface area contributed by atoms with Crippen molar-refractivity contribution in [3.8, 4) is 11.8 Å². The lowest BCUT2D eigenvalue weighted by Crippen LogP contribution is -2.23. The summed E-state index contributed by atoms with van der Waals surface area (Å²) in [6.45, 7) is 5.58. The number of hydrogen-bond donors (Lipinski definition) is 1. The fourth-order valence-electron chi connectivity index (χ4n) is 1.93. The minimum absolute atomic E-state index is 0.0245. The molecule has 2 heterocycles. The van der Waals surface area contributed by atoms with Crippen molar-refractivity contribution < 1.29 is 4.79 Å². The van der Waals surface area contributed by atoms with Crippen molar-refractivity contribution in [3.63, 3.8) is 0 Å². The third kappa shape index (κ3) is 3.86. The third-order valence-electron chi connectivity index (χ3n) is 2.92. The number of nitrogens with one attached hydrogen (secondary N) is 1. The summed E-state index contributed by atoms with van der Waals surface area (Å²) in [7, 11) is 0. The van der Waals surface area contributed by atoms with Gasteiger partial charge in [0.1, 0.15) is 0 Å². The average Bonchev–Trinajstić information content (AvgIpc) is 2.99. The molecule has 1 aliphatic rings. The van der Waals surface area contributed by atoms with Crippen LogP contribution in [0.4, 0.5) is 0 Å². The molecule has 96 valence electrons. The van der Waals surface area contributed by atoms with E-state index in [2.05, 4.69) is 22.1 Å². The molecule has 0 aliphatic carbocycles. The normalized spacial score (nSPS) is 15.2. The molecular weight excluding hydrogens is 244 g/mol. The molecule has 1 aromatic heterocycles. The smallest absolute Gasteiger partial charge is 0.262 e. The van der Waals surface area contributed by atoms with Gasteiger partial charge < -0.3 is 5.32 Å². The molecule has 0 bridgehead atoms. The topological polar surface area (TPSA) is 32.3 Å². The Bertz CT molecular complexity index is 464. The molecule has 3 nitrogen and oxygen atoms in total. The van der Waals surface area contributed by atoms with Crippen LogP contribution in [0.5, 0.6) is 0 Å². The summed E-state index contributed by atoms with van der Waals surface area (Å²) in [5.41, 5.74) is 1.13. The molecule has 1 fully saturated rings. The molecule has 0 saturated carbocycles. The van der Waals surface area contributed by atoms with Crippen molar-refractivity contribution in [1.29, 1.82) is 0 Å². The molecule has 0 atom stereocenters. The number of aryl methyl sites for hydroxylation is 1. The first-order chi connectivity index (χ1) is 8.75. The second-order valence-electron chi connectivity index (χ2n) is 4.51. The van der Waals surface area contributed by atoms with Gasteiger partial charge in [0.25, 0.3) is 5.91 Å². The molecule has 1 aliphatic heterocycles. The Morgan fingerprint density at radius 2 is 2.22 bits per heavy atom. The van der Waals surface area contributed by atoms with Crippen LogP contribution in [0.3, 0.4) is 0 Å². The summed E-state index contributed by atoms with van der Waals surface area (Å²) in [5, 5.41) is 4.80. The minimum atomic E-state index is -0.0245. The molecule has 1 aromatic rings. The molecule has 4 heteroatoms. The highest BCUT2D eigenvalue weighted by atomic mass is 32.1. The van der Waals surface area contributed by atoms with Gasteiger partial charge in [0.2, 0.25) is 0 Å². The van der Waals surface area contributed by atoms with Gasteiger partial charge in [0.05, 0.1) is 18.0 Å². The van der Waals surface area contributed by atoms with Crippen molar-refractivity contribution in [3.05, 3.63) is 21.9 Å². The fraction of sp³-hybridized carbons (Fsp3) is 0.500. The zero-order chi connectivity index (χ0) is 12.8. The van der Waals surface area contributed by atoms with Crippen LogP contribution in [0.2, 0.25) is 0 Å². The van der Waals surface area contributed by atoms with Gasteiger partial charge in [-0.2, -0.15) is 0 Å². The van der Waals surface area contributed by atoms with E-state index in [9.17, 15) is 4.79 Å². The predicted octanol–water partition coefficient (Wildman–Crippen LogP) is 1.89. The van der Waals surface area contributed by atoms with E-state index in [-0.39, 0.29) is 5.91 Å². The van der Waals surface area contributed by atoms with E-state index >= 15 is 0 Å². The SMILES string of the molecule is Cc1csc(C(=O)NCC#CCN2CCCC2)c1. The highest BCUT2D eigenvalue weighted by molar-refractivity contribution is 7.12. The number of likely N-dealkylation sites (tertiary alicyclic amines) is 1. The first-order valence-electron chi connectivity index (χ1n) is 6.27. The minimum Gasteiger partial charge on any atom is -0.340 e. The quantitative estimate of drug-likeness (QED) is 0.844. The Morgan fingerprint density at radius 1 is 1.44 bits per heavy atom. The van der Waals surface area contributed by atoms with Crippen LogP contribution in [0.15, 0.2) is 11.4 Å². The molecule has 18 heavy (non-hydrogen) atoms. The summed E-state index contributed by atoms with van der Waals surface area (Å²) in [5.74, 6) is 6.08. The van der Waals surface area contributed by atoms with Crippen molar-refractivity contribution in [2.45, 2.75) is 19.8 Å². The first kappa shape index (κ1) is 13.1. The van der Waals surface area contributed by atoms with Gasteiger partial charge in [0, 0.05) is 0 Å². The van der Waals surface area contributed by atoms with Crippen LogP contribution in [0, 0.1) is 18.8 Å². The van der Waals surface area contributed by atoms with E-state index < -0.39 is 0 Å². The van der Waals surface area contributed by atoms with Crippen LogP contribution in [0.1, 0.15) is 28.1 Å². The number of carbonyl (C=O) groups is 1. The second-order valence-corrected chi connectivity index (χ2v) is 5.42. The summed E-state index contributed by atoms with van der Waals surface area (Å²) >= 11 is 1.47. The van der Waals surface area contributed by atoms with Crippen LogP contribution < -0.4 is 5.32 Å². The zero-order valence-electron chi connectivity index (χ0n) is 10.7. The zero-order valence-corrected chi connectivity index (χ0v) is 11.5. The van der Waals surface area contributed by atoms with Gasteiger partial charge >= 0.3 is 0 Å². The van der Waals surface area contributed by atoms with Crippen LogP contribution in [0.25, 0.3) is 0 Å². The Hall–Kier alpha value is -1.31. The predicted molar refractivity (Wildman–Crippen MR) is 74.8 cm³/mol. The average molecular weight is 262 g/mol. The van der Waals surface area contributed by atoms with Crippen molar-refractivity contribution in [2.24, 2.45) is 0 Å². The highest BCUT2D eigenvalue weighted by Crippen LogP contribution is 2.12. The van der Waals surface area contributed by atoms with Gasteiger partial charge in [-0.05, 0) is 49.9 Å². The number of nitrogens with zero attached hydrogens (tertiary/aromatic N) is 1. The molecule has 2 rings (SSSR count). The number of rotatable bonds is 3. The molecule has 1 saturated heterocycles. The molecule has 0 aromatic carbocycles. The highest BCUT2D eigenvalue weighted by Gasteiger charge is 2.09. The number of hydrogen-bond acceptors (Lipinski definition) is 3. The van der Waals surface area contributed by atoms with E-state index in [1.807, 2.05) is 18.4 Å². The number of carbonyl (C=O) groups excluding carboxylic acids is 1. The van der Waals surface area contributed by atoms with Crippen molar-refractivity contribution in [2.75, 3.05) is 26.2 Å². The molecule has 0 radical (unpaired) electrons. The van der Waals surface area contributed by atoms with Crippen LogP contribution >= 0.6 is 11.3 Å². The van der Waals surface area contributed by atoms with E-state index in [1.54, 1.807) is 0 Å². The number of thiophene rings is 1. The molecule has 1 amide bonds. The van der Waals surface area contributed by atoms with Gasteiger partial charge in [-0.3, -0.25) is 9.69 Å². The lowest BCUT2D eigenvalue weighted by molar-refractivity contribution is 0.0962. The fourth-order valence-corrected chi connectivity index (χ4v) is 2.75. The first-order valence-corrected chi connectivity index (χ1v) is 7.15. The van der Waals surface area contributed by atoms with Crippen LogP contribution in [-0.4, -0.2) is 37.0 Å². The maximum absolute atomic E-state index is 11.7. The standard InChI is InChI=1S/C14H18N2OS/c1-12-10-13(18-11-12)14(17)15-6-2-3-7-16-8-4-5-9-16/h10-11H,4-9H2,1H3,(H,15,17). The Kier molecular flexibility index (Phi) is 4.80. The van der Waals surface area contributed by atoms with Gasteiger partial charge in [-0.25, -0.2) is 0 Å². The second kappa shape index (κ2) is 6.58. The summed E-state index contributed by atoms with van der Waals surface area (Å²) < 4.78 is 0. The van der Waals surface area contributed by atoms with Gasteiger partial charge in [0.15, 0.2) is 0 Å². The van der Waals surface area contributed by atoms with E-state index in [0.717, 1.165) is 30.1 Å². The Labute approximate surface area is 112 Å². The van der Waals surface area contributed by atoms with Gasteiger partial charge in [-0.1, -0.05) is 11.8 Å². The summed E-state index contributed by atoms with van der Waals surface area (Å²) in [6.07, 6.45) is 2.58. The molecule has 0 spiro atoms. The number of amides is 1. The third-order valence-corrected chi connectivity index (χ3v) is 3.96. The molecule has 0 unspecified atom stereocenters. The van der Waals surface area contributed by atoms with E-state index in [4.69, 9.17) is 0 Å². The summed E-state index contributed by atoms with van der Waals surface area (Å²) in [6, 6.07) is 1.90. The lowest BCUT2D eigenvalue weighted by atomic mass is 10.3. The van der Waals surface area contributed by atoms with Crippen molar-refractivity contribution in [1.82, 2.24) is 10.2 Å². The Morgan fingerprint density at radius 3 is 2.89 bits per heavy atom. The largest absolute Gasteiger partial charge is 0.340 e. The maximum Gasteiger partial charge on any atom is 0.262 e. The Balaban J connectivity index is 1.68. The molecule has 1 N–H and O–H groups in total. The monoisotopic (exact) mass is 262 g/mol.